The second-order valence-corrected chi connectivity index (χ2v) is 7.61. The lowest BCUT2D eigenvalue weighted by atomic mass is 9.80. The molecule has 2 aromatic carbocycles. The van der Waals surface area contributed by atoms with Crippen molar-refractivity contribution < 1.29 is 27.1 Å². The van der Waals surface area contributed by atoms with Gasteiger partial charge < -0.3 is 14.5 Å². The lowest BCUT2D eigenvalue weighted by molar-refractivity contribution is -0.137. The van der Waals surface area contributed by atoms with Crippen molar-refractivity contribution in [3.8, 4) is 5.75 Å². The highest BCUT2D eigenvalue weighted by Crippen LogP contribution is 2.41. The molecule has 1 atom stereocenters. The molecule has 0 saturated carbocycles. The van der Waals surface area contributed by atoms with Gasteiger partial charge in [0.15, 0.2) is 5.58 Å². The number of alkyl halides is 3. The van der Waals surface area contributed by atoms with Crippen LogP contribution in [-0.4, -0.2) is 22.5 Å². The molecule has 5 rings (SSSR count). The number of nitrogens with one attached hydrogen (secondary N) is 2. The SMILES string of the molecule is O=C(NC1(c2ccc(C(F)(F)F)cc2)CCOc2cccnc21)c1ccc2[nH]c(=O)oc2c1. The molecular formula is C23H16F3N3O4. The fraction of sp³-hybridized carbons (Fsp3) is 0.174. The molecular weight excluding hydrogens is 439 g/mol. The van der Waals surface area contributed by atoms with Crippen LogP contribution in [0.15, 0.2) is 70.0 Å². The molecule has 2 aromatic heterocycles. The van der Waals surface area contributed by atoms with Crippen molar-refractivity contribution in [2.75, 3.05) is 6.61 Å². The number of ether oxygens (including phenoxy) is 1. The molecule has 0 aliphatic carbocycles. The van der Waals surface area contributed by atoms with E-state index in [-0.39, 0.29) is 24.2 Å². The standard InChI is InChI=1S/C23H16F3N3O4/c24-23(25,26)15-6-4-14(5-7-15)22(9-11-32-17-2-1-10-27-19(17)22)29-20(30)13-3-8-16-18(12-13)33-21(31)28-16/h1-8,10,12H,9,11H2,(H,28,31)(H,29,30). The first-order valence-electron chi connectivity index (χ1n) is 9.98. The summed E-state index contributed by atoms with van der Waals surface area (Å²) in [7, 11) is 0. The lowest BCUT2D eigenvalue weighted by Gasteiger charge is -2.39. The number of hydrogen-bond acceptors (Lipinski definition) is 5. The van der Waals surface area contributed by atoms with Crippen LogP contribution in [0.4, 0.5) is 13.2 Å². The number of aromatic nitrogens is 2. The summed E-state index contributed by atoms with van der Waals surface area (Å²) in [4.78, 5) is 31.6. The van der Waals surface area contributed by atoms with E-state index in [1.165, 1.54) is 36.5 Å². The number of fused-ring (bicyclic) bond motifs is 2. The number of nitrogens with zero attached hydrogens (tertiary/aromatic N) is 1. The molecule has 0 fully saturated rings. The Hall–Kier alpha value is -4.08. The Kier molecular flexibility index (Phi) is 4.73. The molecule has 10 heteroatoms. The molecule has 1 unspecified atom stereocenters. The maximum Gasteiger partial charge on any atom is 0.417 e. The topological polar surface area (TPSA) is 97.2 Å². The molecule has 0 spiro atoms. The van der Waals surface area contributed by atoms with Crippen LogP contribution in [-0.2, 0) is 11.7 Å². The highest BCUT2D eigenvalue weighted by atomic mass is 19.4. The van der Waals surface area contributed by atoms with Crippen molar-refractivity contribution in [2.45, 2.75) is 18.1 Å². The highest BCUT2D eigenvalue weighted by molar-refractivity contribution is 5.97. The van der Waals surface area contributed by atoms with E-state index in [0.29, 0.717) is 22.5 Å². The number of halogens is 3. The molecule has 1 aliphatic heterocycles. The van der Waals surface area contributed by atoms with Crippen LogP contribution in [0.5, 0.6) is 5.75 Å². The van der Waals surface area contributed by atoms with Crippen molar-refractivity contribution in [3.05, 3.63) is 93.7 Å². The van der Waals surface area contributed by atoms with Gasteiger partial charge in [-0.1, -0.05) is 12.1 Å². The molecule has 3 heterocycles. The number of benzene rings is 2. The predicted molar refractivity (Wildman–Crippen MR) is 111 cm³/mol. The summed E-state index contributed by atoms with van der Waals surface area (Å²) in [6, 6.07) is 12.4. The first kappa shape index (κ1) is 20.8. The Morgan fingerprint density at radius 1 is 1.12 bits per heavy atom. The number of aromatic amines is 1. The van der Waals surface area contributed by atoms with E-state index in [2.05, 4.69) is 15.3 Å². The van der Waals surface area contributed by atoms with Crippen molar-refractivity contribution >= 4 is 17.0 Å². The van der Waals surface area contributed by atoms with E-state index in [9.17, 15) is 22.8 Å². The lowest BCUT2D eigenvalue weighted by Crippen LogP contribution is -2.50. The Labute approximate surface area is 184 Å². The van der Waals surface area contributed by atoms with Gasteiger partial charge in [0.05, 0.1) is 17.7 Å². The number of carbonyl (C=O) groups excluding carboxylic acids is 1. The van der Waals surface area contributed by atoms with Crippen LogP contribution in [0, 0.1) is 0 Å². The summed E-state index contributed by atoms with van der Waals surface area (Å²) in [5.41, 5.74) is -0.354. The van der Waals surface area contributed by atoms with Gasteiger partial charge in [0.2, 0.25) is 0 Å². The van der Waals surface area contributed by atoms with Crippen molar-refractivity contribution in [1.29, 1.82) is 0 Å². The molecule has 1 aliphatic rings. The molecule has 0 bridgehead atoms. The molecule has 33 heavy (non-hydrogen) atoms. The Morgan fingerprint density at radius 3 is 2.67 bits per heavy atom. The normalized spacial score (nSPS) is 17.9. The van der Waals surface area contributed by atoms with E-state index in [1.54, 1.807) is 12.1 Å². The minimum Gasteiger partial charge on any atom is -0.491 e. The third-order valence-corrected chi connectivity index (χ3v) is 5.62. The average molecular weight is 455 g/mol. The second kappa shape index (κ2) is 7.51. The number of hydrogen-bond donors (Lipinski definition) is 2. The number of rotatable bonds is 3. The Morgan fingerprint density at radius 2 is 1.91 bits per heavy atom. The van der Waals surface area contributed by atoms with Crippen LogP contribution >= 0.6 is 0 Å². The van der Waals surface area contributed by atoms with Crippen molar-refractivity contribution in [1.82, 2.24) is 15.3 Å². The van der Waals surface area contributed by atoms with Crippen LogP contribution in [0.2, 0.25) is 0 Å². The van der Waals surface area contributed by atoms with Crippen LogP contribution in [0.1, 0.15) is 33.6 Å². The van der Waals surface area contributed by atoms with E-state index < -0.39 is 28.9 Å². The maximum atomic E-state index is 13.3. The third-order valence-electron chi connectivity index (χ3n) is 5.62. The summed E-state index contributed by atoms with van der Waals surface area (Å²) in [5, 5.41) is 2.96. The quantitative estimate of drug-likeness (QED) is 0.487. The predicted octanol–water partition coefficient (Wildman–Crippen LogP) is 3.99. The van der Waals surface area contributed by atoms with E-state index in [1.807, 2.05) is 0 Å². The first-order valence-corrected chi connectivity index (χ1v) is 9.98. The third kappa shape index (κ3) is 3.63. The number of oxazole rings is 1. The molecule has 0 saturated heterocycles. The van der Waals surface area contributed by atoms with Crippen LogP contribution < -0.4 is 15.8 Å². The summed E-state index contributed by atoms with van der Waals surface area (Å²) < 4.78 is 50.1. The monoisotopic (exact) mass is 455 g/mol. The van der Waals surface area contributed by atoms with Gasteiger partial charge in [-0.15, -0.1) is 0 Å². The van der Waals surface area contributed by atoms with Gasteiger partial charge >= 0.3 is 11.9 Å². The minimum atomic E-state index is -4.49. The average Bonchev–Trinajstić information content (AvgIpc) is 3.18. The fourth-order valence-electron chi connectivity index (χ4n) is 4.03. The summed E-state index contributed by atoms with van der Waals surface area (Å²) in [5.74, 6) is -0.735. The summed E-state index contributed by atoms with van der Waals surface area (Å²) >= 11 is 0. The van der Waals surface area contributed by atoms with Gasteiger partial charge in [0.1, 0.15) is 17.0 Å². The van der Waals surface area contributed by atoms with Gasteiger partial charge in [-0.2, -0.15) is 13.2 Å². The first-order chi connectivity index (χ1) is 15.8. The molecule has 7 nitrogen and oxygen atoms in total. The number of H-pyrrole nitrogens is 1. The van der Waals surface area contributed by atoms with Crippen LogP contribution in [0.25, 0.3) is 11.1 Å². The highest BCUT2D eigenvalue weighted by Gasteiger charge is 2.43. The molecule has 1 amide bonds. The Bertz CT molecular complexity index is 1410. The summed E-state index contributed by atoms with van der Waals surface area (Å²) in [6.45, 7) is 0.214. The largest absolute Gasteiger partial charge is 0.491 e. The zero-order chi connectivity index (χ0) is 23.2. The van der Waals surface area contributed by atoms with Crippen molar-refractivity contribution in [2.24, 2.45) is 0 Å². The molecule has 168 valence electrons. The molecule has 2 N–H and O–H groups in total. The summed E-state index contributed by atoms with van der Waals surface area (Å²) in [6.07, 6.45) is -2.72. The second-order valence-electron chi connectivity index (χ2n) is 7.61. The zero-order valence-electron chi connectivity index (χ0n) is 16.9. The van der Waals surface area contributed by atoms with E-state index in [4.69, 9.17) is 9.15 Å². The molecule has 4 aromatic rings. The Balaban J connectivity index is 1.60. The zero-order valence-corrected chi connectivity index (χ0v) is 16.9. The smallest absolute Gasteiger partial charge is 0.417 e. The molecule has 0 radical (unpaired) electrons. The fourth-order valence-corrected chi connectivity index (χ4v) is 4.03. The van der Waals surface area contributed by atoms with Gasteiger partial charge in [-0.25, -0.2) is 4.79 Å². The van der Waals surface area contributed by atoms with E-state index in [0.717, 1.165) is 12.1 Å². The van der Waals surface area contributed by atoms with Crippen LogP contribution in [0.3, 0.4) is 0 Å². The van der Waals surface area contributed by atoms with Crippen molar-refractivity contribution in [3.63, 3.8) is 0 Å². The van der Waals surface area contributed by atoms with Gasteiger partial charge in [0, 0.05) is 18.2 Å². The minimum absolute atomic E-state index is 0.209. The maximum absolute atomic E-state index is 13.3. The number of pyridine rings is 1. The number of amides is 1. The van der Waals surface area contributed by atoms with Gasteiger partial charge in [0.25, 0.3) is 5.91 Å². The van der Waals surface area contributed by atoms with Gasteiger partial charge in [-0.3, -0.25) is 14.8 Å². The van der Waals surface area contributed by atoms with E-state index >= 15 is 0 Å². The number of carbonyl (C=O) groups is 1. The van der Waals surface area contributed by atoms with Gasteiger partial charge in [-0.05, 0) is 48.0 Å².